The van der Waals surface area contributed by atoms with Gasteiger partial charge in [-0.2, -0.15) is 5.10 Å². The van der Waals surface area contributed by atoms with Gasteiger partial charge in [-0.3, -0.25) is 4.68 Å². The molecule has 1 aromatic rings. The van der Waals surface area contributed by atoms with Crippen LogP contribution in [0.5, 0.6) is 0 Å². The molecule has 1 aromatic heterocycles. The SMILES string of the molecule is C=COCCCNC(C)c1c(C)nn(CC)c1C. The molecule has 0 amide bonds. The summed E-state index contributed by atoms with van der Waals surface area (Å²) in [6, 6.07) is 0.328. The molecule has 0 fully saturated rings. The highest BCUT2D eigenvalue weighted by Gasteiger charge is 2.16. The zero-order valence-electron chi connectivity index (χ0n) is 12.0. The molecule has 0 saturated heterocycles. The summed E-state index contributed by atoms with van der Waals surface area (Å²) in [4.78, 5) is 0. The summed E-state index contributed by atoms with van der Waals surface area (Å²) in [5, 5.41) is 8.06. The van der Waals surface area contributed by atoms with Crippen molar-refractivity contribution in [3.63, 3.8) is 0 Å². The molecule has 4 heteroatoms. The Labute approximate surface area is 110 Å². The van der Waals surface area contributed by atoms with Crippen molar-refractivity contribution in [2.24, 2.45) is 0 Å². The fourth-order valence-electron chi connectivity index (χ4n) is 2.30. The predicted molar refractivity (Wildman–Crippen MR) is 74.6 cm³/mol. The van der Waals surface area contributed by atoms with Gasteiger partial charge in [0.05, 0.1) is 18.6 Å². The van der Waals surface area contributed by atoms with E-state index in [-0.39, 0.29) is 0 Å². The number of rotatable bonds is 8. The van der Waals surface area contributed by atoms with Crippen LogP contribution in [0, 0.1) is 13.8 Å². The molecule has 1 heterocycles. The van der Waals surface area contributed by atoms with E-state index in [9.17, 15) is 0 Å². The highest BCUT2D eigenvalue weighted by Crippen LogP contribution is 2.21. The molecule has 0 aliphatic carbocycles. The monoisotopic (exact) mass is 251 g/mol. The molecule has 0 radical (unpaired) electrons. The van der Waals surface area contributed by atoms with Gasteiger partial charge < -0.3 is 10.1 Å². The number of aromatic nitrogens is 2. The van der Waals surface area contributed by atoms with Crippen LogP contribution in [0.1, 0.15) is 43.3 Å². The molecular weight excluding hydrogens is 226 g/mol. The fourth-order valence-corrected chi connectivity index (χ4v) is 2.30. The Morgan fingerprint density at radius 2 is 2.22 bits per heavy atom. The zero-order chi connectivity index (χ0) is 13.5. The molecule has 102 valence electrons. The Morgan fingerprint density at radius 3 is 2.78 bits per heavy atom. The van der Waals surface area contributed by atoms with Crippen LogP contribution < -0.4 is 5.32 Å². The summed E-state index contributed by atoms with van der Waals surface area (Å²) in [6.07, 6.45) is 2.47. The van der Waals surface area contributed by atoms with Gasteiger partial charge >= 0.3 is 0 Å². The van der Waals surface area contributed by atoms with Gasteiger partial charge in [0.25, 0.3) is 0 Å². The summed E-state index contributed by atoms with van der Waals surface area (Å²) in [5.74, 6) is 0. The second-order valence-electron chi connectivity index (χ2n) is 4.47. The standard InChI is InChI=1S/C14H25N3O/c1-6-17-13(5)14(12(4)16-17)11(3)15-9-8-10-18-7-2/h7,11,15H,2,6,8-10H2,1,3-5H3. The molecule has 0 aliphatic rings. The number of hydrogen-bond donors (Lipinski definition) is 1. The Hall–Kier alpha value is -1.29. The van der Waals surface area contributed by atoms with Crippen LogP contribution in [0.2, 0.25) is 0 Å². The van der Waals surface area contributed by atoms with E-state index in [1.807, 2.05) is 0 Å². The molecule has 0 saturated carbocycles. The van der Waals surface area contributed by atoms with Crippen molar-refractivity contribution < 1.29 is 4.74 Å². The van der Waals surface area contributed by atoms with E-state index in [1.54, 1.807) is 0 Å². The largest absolute Gasteiger partial charge is 0.502 e. The molecular formula is C14H25N3O. The van der Waals surface area contributed by atoms with Crippen molar-refractivity contribution >= 4 is 0 Å². The molecule has 4 nitrogen and oxygen atoms in total. The molecule has 0 bridgehead atoms. The van der Waals surface area contributed by atoms with Gasteiger partial charge in [0.2, 0.25) is 0 Å². The maximum absolute atomic E-state index is 5.10. The topological polar surface area (TPSA) is 39.1 Å². The number of ether oxygens (including phenoxy) is 1. The molecule has 0 spiro atoms. The Morgan fingerprint density at radius 1 is 1.50 bits per heavy atom. The van der Waals surface area contributed by atoms with Crippen LogP contribution in [0.25, 0.3) is 0 Å². The minimum atomic E-state index is 0.328. The van der Waals surface area contributed by atoms with E-state index >= 15 is 0 Å². The van der Waals surface area contributed by atoms with Gasteiger partial charge in [-0.05, 0) is 40.7 Å². The Bertz CT molecular complexity index is 385. The second-order valence-corrected chi connectivity index (χ2v) is 4.47. The number of hydrogen-bond acceptors (Lipinski definition) is 3. The summed E-state index contributed by atoms with van der Waals surface area (Å²) >= 11 is 0. The normalized spacial score (nSPS) is 12.4. The summed E-state index contributed by atoms with van der Waals surface area (Å²) in [6.45, 7) is 14.6. The van der Waals surface area contributed by atoms with Crippen LogP contribution in [-0.2, 0) is 11.3 Å². The summed E-state index contributed by atoms with van der Waals surface area (Å²) in [7, 11) is 0. The van der Waals surface area contributed by atoms with Crippen molar-refractivity contribution in [3.8, 4) is 0 Å². The lowest BCUT2D eigenvalue weighted by Gasteiger charge is -2.14. The predicted octanol–water partition coefficient (Wildman–Crippen LogP) is 2.72. The van der Waals surface area contributed by atoms with Crippen LogP contribution in [0.3, 0.4) is 0 Å². The van der Waals surface area contributed by atoms with Gasteiger partial charge in [-0.15, -0.1) is 0 Å². The number of nitrogens with one attached hydrogen (secondary N) is 1. The van der Waals surface area contributed by atoms with Gasteiger partial charge in [-0.25, -0.2) is 0 Å². The smallest absolute Gasteiger partial charge is 0.0885 e. The number of nitrogens with zero attached hydrogens (tertiary/aromatic N) is 2. The molecule has 1 rings (SSSR count). The van der Waals surface area contributed by atoms with E-state index in [4.69, 9.17) is 4.74 Å². The Balaban J connectivity index is 2.53. The van der Waals surface area contributed by atoms with Crippen LogP contribution >= 0.6 is 0 Å². The van der Waals surface area contributed by atoms with E-state index in [0.717, 1.165) is 31.8 Å². The van der Waals surface area contributed by atoms with Crippen LogP contribution in [0.4, 0.5) is 0 Å². The van der Waals surface area contributed by atoms with E-state index in [1.165, 1.54) is 17.5 Å². The minimum Gasteiger partial charge on any atom is -0.502 e. The summed E-state index contributed by atoms with van der Waals surface area (Å²) < 4.78 is 7.16. The molecule has 1 N–H and O–H groups in total. The first kappa shape index (κ1) is 14.8. The fraction of sp³-hybridized carbons (Fsp3) is 0.643. The molecule has 0 aliphatic heterocycles. The quantitative estimate of drug-likeness (QED) is 0.570. The number of aryl methyl sites for hydroxylation is 2. The highest BCUT2D eigenvalue weighted by atomic mass is 16.5. The van der Waals surface area contributed by atoms with Gasteiger partial charge in [-0.1, -0.05) is 6.58 Å². The third kappa shape index (κ3) is 3.60. The third-order valence-electron chi connectivity index (χ3n) is 3.18. The van der Waals surface area contributed by atoms with Crippen LogP contribution in [-0.4, -0.2) is 22.9 Å². The first-order chi connectivity index (χ1) is 8.61. The molecule has 1 unspecified atom stereocenters. The average Bonchev–Trinajstić information content (AvgIpc) is 2.63. The lowest BCUT2D eigenvalue weighted by Crippen LogP contribution is -2.21. The van der Waals surface area contributed by atoms with E-state index in [2.05, 4.69) is 49.4 Å². The van der Waals surface area contributed by atoms with Gasteiger partial charge in [0, 0.05) is 23.8 Å². The third-order valence-corrected chi connectivity index (χ3v) is 3.18. The lowest BCUT2D eigenvalue weighted by atomic mass is 10.1. The van der Waals surface area contributed by atoms with Gasteiger partial charge in [0.1, 0.15) is 0 Å². The van der Waals surface area contributed by atoms with Crippen molar-refractivity contribution in [1.29, 1.82) is 0 Å². The van der Waals surface area contributed by atoms with Crippen molar-refractivity contribution in [2.45, 2.75) is 46.7 Å². The van der Waals surface area contributed by atoms with Crippen molar-refractivity contribution in [2.75, 3.05) is 13.2 Å². The maximum atomic E-state index is 5.10. The lowest BCUT2D eigenvalue weighted by molar-refractivity contribution is 0.243. The summed E-state index contributed by atoms with van der Waals surface area (Å²) in [5.41, 5.74) is 3.70. The first-order valence-corrected chi connectivity index (χ1v) is 6.61. The maximum Gasteiger partial charge on any atom is 0.0885 e. The highest BCUT2D eigenvalue weighted by molar-refractivity contribution is 5.27. The van der Waals surface area contributed by atoms with Gasteiger partial charge in [0.15, 0.2) is 0 Å². The van der Waals surface area contributed by atoms with E-state index < -0.39 is 0 Å². The average molecular weight is 251 g/mol. The van der Waals surface area contributed by atoms with Crippen molar-refractivity contribution in [1.82, 2.24) is 15.1 Å². The Kier molecular flexibility index (Phi) is 5.92. The second kappa shape index (κ2) is 7.21. The molecule has 1 atom stereocenters. The van der Waals surface area contributed by atoms with Crippen LogP contribution in [0.15, 0.2) is 12.8 Å². The van der Waals surface area contributed by atoms with Crippen molar-refractivity contribution in [3.05, 3.63) is 29.8 Å². The zero-order valence-corrected chi connectivity index (χ0v) is 12.0. The minimum absolute atomic E-state index is 0.328. The molecule has 0 aromatic carbocycles. The van der Waals surface area contributed by atoms with E-state index in [0.29, 0.717) is 6.04 Å². The first-order valence-electron chi connectivity index (χ1n) is 6.61. The molecule has 18 heavy (non-hydrogen) atoms.